The van der Waals surface area contributed by atoms with Crippen molar-refractivity contribution in [1.82, 2.24) is 0 Å². The molecule has 0 aliphatic rings. The predicted octanol–water partition coefficient (Wildman–Crippen LogP) is 4.04. The van der Waals surface area contributed by atoms with E-state index in [0.717, 1.165) is 17.7 Å². The molecule has 0 aliphatic carbocycles. The molecule has 1 rings (SSSR count). The van der Waals surface area contributed by atoms with Gasteiger partial charge in [0.2, 0.25) is 0 Å². The fourth-order valence-corrected chi connectivity index (χ4v) is 1.85. The van der Waals surface area contributed by atoms with Crippen molar-refractivity contribution in [2.24, 2.45) is 0 Å². The molecule has 0 aliphatic heterocycles. The number of halogens is 1. The summed E-state index contributed by atoms with van der Waals surface area (Å²) in [4.78, 5) is 0. The van der Waals surface area contributed by atoms with Crippen molar-refractivity contribution in [2.75, 3.05) is 6.61 Å². The quantitative estimate of drug-likeness (QED) is 0.717. The van der Waals surface area contributed by atoms with Crippen molar-refractivity contribution >= 4 is 11.6 Å². The van der Waals surface area contributed by atoms with E-state index >= 15 is 0 Å². The summed E-state index contributed by atoms with van der Waals surface area (Å²) < 4.78 is 5.47. The predicted molar refractivity (Wildman–Crippen MR) is 69.2 cm³/mol. The molecule has 0 heterocycles. The molecule has 0 amide bonds. The van der Waals surface area contributed by atoms with E-state index in [4.69, 9.17) is 22.8 Å². The highest BCUT2D eigenvalue weighted by Crippen LogP contribution is 2.33. The molecule has 1 nitrogen and oxygen atoms in total. The topological polar surface area (TPSA) is 9.23 Å². The van der Waals surface area contributed by atoms with Gasteiger partial charge in [-0.05, 0) is 29.5 Å². The zero-order chi connectivity index (χ0) is 12.1. The standard InChI is InChI=1S/C14H17ClO/c1-5-7-16-14-11(6-2)8-12(10(3)4)9-13(14)15/h1,8-10H,6-7H2,2-4H3. The highest BCUT2D eigenvalue weighted by Gasteiger charge is 2.11. The Morgan fingerprint density at radius 2 is 2.12 bits per heavy atom. The van der Waals surface area contributed by atoms with Crippen LogP contribution in [0.1, 0.15) is 37.8 Å². The van der Waals surface area contributed by atoms with Crippen LogP contribution < -0.4 is 4.74 Å². The molecule has 86 valence electrons. The molecule has 0 radical (unpaired) electrons. The maximum Gasteiger partial charge on any atom is 0.148 e. The van der Waals surface area contributed by atoms with E-state index in [9.17, 15) is 0 Å². The van der Waals surface area contributed by atoms with Crippen molar-refractivity contribution in [3.05, 3.63) is 28.3 Å². The van der Waals surface area contributed by atoms with Crippen LogP contribution in [0.3, 0.4) is 0 Å². The molecule has 0 fully saturated rings. The van der Waals surface area contributed by atoms with Crippen LogP contribution in [0.15, 0.2) is 12.1 Å². The number of hydrogen-bond acceptors (Lipinski definition) is 1. The molecule has 0 aromatic heterocycles. The van der Waals surface area contributed by atoms with Crippen LogP contribution in [0.5, 0.6) is 5.75 Å². The number of hydrogen-bond donors (Lipinski definition) is 0. The van der Waals surface area contributed by atoms with Crippen molar-refractivity contribution in [2.45, 2.75) is 33.1 Å². The maximum atomic E-state index is 6.20. The summed E-state index contributed by atoms with van der Waals surface area (Å²) in [6.45, 7) is 6.63. The van der Waals surface area contributed by atoms with E-state index in [1.165, 1.54) is 5.56 Å². The number of terminal acetylenes is 1. The Kier molecular flexibility index (Phi) is 4.71. The van der Waals surface area contributed by atoms with E-state index in [0.29, 0.717) is 10.9 Å². The molecule has 0 saturated carbocycles. The minimum Gasteiger partial charge on any atom is -0.479 e. The third kappa shape index (κ3) is 2.93. The molecule has 16 heavy (non-hydrogen) atoms. The fourth-order valence-electron chi connectivity index (χ4n) is 1.55. The van der Waals surface area contributed by atoms with Crippen LogP contribution in [0.2, 0.25) is 5.02 Å². The lowest BCUT2D eigenvalue weighted by Gasteiger charge is -2.14. The maximum absolute atomic E-state index is 6.20. The first-order valence-electron chi connectivity index (χ1n) is 5.48. The highest BCUT2D eigenvalue weighted by molar-refractivity contribution is 6.32. The minimum absolute atomic E-state index is 0.258. The molecule has 0 saturated heterocycles. The average Bonchev–Trinajstić information content (AvgIpc) is 2.26. The Morgan fingerprint density at radius 3 is 2.62 bits per heavy atom. The van der Waals surface area contributed by atoms with Gasteiger partial charge in [0.1, 0.15) is 12.4 Å². The Morgan fingerprint density at radius 1 is 1.44 bits per heavy atom. The molecule has 0 unspecified atom stereocenters. The SMILES string of the molecule is C#CCOc1c(Cl)cc(C(C)C)cc1CC. The van der Waals surface area contributed by atoms with E-state index in [1.54, 1.807) is 0 Å². The lowest BCUT2D eigenvalue weighted by molar-refractivity contribution is 0.366. The summed E-state index contributed by atoms with van der Waals surface area (Å²) in [7, 11) is 0. The minimum atomic E-state index is 0.258. The van der Waals surface area contributed by atoms with Crippen molar-refractivity contribution in [3.63, 3.8) is 0 Å². The second-order valence-corrected chi connectivity index (χ2v) is 4.40. The number of aryl methyl sites for hydroxylation is 1. The van der Waals surface area contributed by atoms with Gasteiger partial charge >= 0.3 is 0 Å². The van der Waals surface area contributed by atoms with E-state index in [-0.39, 0.29) is 6.61 Å². The van der Waals surface area contributed by atoms with Crippen LogP contribution in [-0.4, -0.2) is 6.61 Å². The third-order valence-electron chi connectivity index (χ3n) is 2.49. The van der Waals surface area contributed by atoms with Gasteiger partial charge in [0.25, 0.3) is 0 Å². The average molecular weight is 237 g/mol. The van der Waals surface area contributed by atoms with Crippen molar-refractivity contribution in [3.8, 4) is 18.1 Å². The first kappa shape index (κ1) is 12.9. The van der Waals surface area contributed by atoms with Gasteiger partial charge in [0.05, 0.1) is 5.02 Å². The highest BCUT2D eigenvalue weighted by atomic mass is 35.5. The van der Waals surface area contributed by atoms with Gasteiger partial charge in [-0.3, -0.25) is 0 Å². The molecular formula is C14H17ClO. The monoisotopic (exact) mass is 236 g/mol. The Bertz CT molecular complexity index is 402. The first-order chi connectivity index (χ1) is 7.60. The lowest BCUT2D eigenvalue weighted by atomic mass is 9.99. The van der Waals surface area contributed by atoms with E-state index in [1.807, 2.05) is 6.07 Å². The Labute approximate surface area is 103 Å². The lowest BCUT2D eigenvalue weighted by Crippen LogP contribution is -2.00. The molecule has 1 aromatic rings. The normalized spacial score (nSPS) is 10.2. The third-order valence-corrected chi connectivity index (χ3v) is 2.77. The van der Waals surface area contributed by atoms with Gasteiger partial charge < -0.3 is 4.74 Å². The van der Waals surface area contributed by atoms with Crippen molar-refractivity contribution < 1.29 is 4.74 Å². The van der Waals surface area contributed by atoms with Gasteiger partial charge in [0.15, 0.2) is 0 Å². The van der Waals surface area contributed by atoms with Crippen LogP contribution in [0, 0.1) is 12.3 Å². The van der Waals surface area contributed by atoms with Crippen LogP contribution >= 0.6 is 11.6 Å². The summed E-state index contributed by atoms with van der Waals surface area (Å²) in [6, 6.07) is 4.10. The van der Waals surface area contributed by atoms with Gasteiger partial charge in [0, 0.05) is 0 Å². The summed E-state index contributed by atoms with van der Waals surface area (Å²) in [6.07, 6.45) is 6.07. The second-order valence-electron chi connectivity index (χ2n) is 3.99. The van der Waals surface area contributed by atoms with Crippen molar-refractivity contribution in [1.29, 1.82) is 0 Å². The molecule has 0 atom stereocenters. The Balaban J connectivity index is 3.13. The van der Waals surface area contributed by atoms with E-state index < -0.39 is 0 Å². The molecule has 0 bridgehead atoms. The zero-order valence-electron chi connectivity index (χ0n) is 10.0. The van der Waals surface area contributed by atoms with Gasteiger partial charge in [-0.1, -0.05) is 44.4 Å². The molecule has 0 N–H and O–H groups in total. The zero-order valence-corrected chi connectivity index (χ0v) is 10.8. The van der Waals surface area contributed by atoms with Crippen LogP contribution in [0.25, 0.3) is 0 Å². The molecule has 2 heteroatoms. The summed E-state index contributed by atoms with van der Waals surface area (Å²) in [5.74, 6) is 3.64. The summed E-state index contributed by atoms with van der Waals surface area (Å²) in [5, 5.41) is 0.651. The van der Waals surface area contributed by atoms with Gasteiger partial charge in [-0.15, -0.1) is 6.42 Å². The van der Waals surface area contributed by atoms with Gasteiger partial charge in [-0.25, -0.2) is 0 Å². The molecular weight excluding hydrogens is 220 g/mol. The van der Waals surface area contributed by atoms with E-state index in [2.05, 4.69) is 32.8 Å². The first-order valence-corrected chi connectivity index (χ1v) is 5.86. The molecule has 1 aromatic carbocycles. The Hall–Kier alpha value is -1.13. The smallest absolute Gasteiger partial charge is 0.148 e. The second kappa shape index (κ2) is 5.82. The fraction of sp³-hybridized carbons (Fsp3) is 0.429. The number of ether oxygens (including phenoxy) is 1. The summed E-state index contributed by atoms with van der Waals surface area (Å²) in [5.41, 5.74) is 2.35. The molecule has 0 spiro atoms. The summed E-state index contributed by atoms with van der Waals surface area (Å²) >= 11 is 6.20. The number of rotatable bonds is 4. The number of benzene rings is 1. The van der Waals surface area contributed by atoms with Gasteiger partial charge in [-0.2, -0.15) is 0 Å². The largest absolute Gasteiger partial charge is 0.479 e. The van der Waals surface area contributed by atoms with Crippen LogP contribution in [0.4, 0.5) is 0 Å². The van der Waals surface area contributed by atoms with Crippen LogP contribution in [-0.2, 0) is 6.42 Å².